The number of halogens is 2. The molecule has 8 heteroatoms. The first-order valence-corrected chi connectivity index (χ1v) is 12.5. The molecule has 182 valence electrons. The smallest absolute Gasteiger partial charge is 0.173 e. The van der Waals surface area contributed by atoms with Crippen LogP contribution in [0.25, 0.3) is 0 Å². The van der Waals surface area contributed by atoms with Crippen molar-refractivity contribution in [1.29, 1.82) is 0 Å². The Morgan fingerprint density at radius 1 is 1.03 bits per heavy atom. The summed E-state index contributed by atoms with van der Waals surface area (Å²) in [5, 5.41) is 14.0. The molecule has 0 radical (unpaired) electrons. The second kappa shape index (κ2) is 11.6. The summed E-state index contributed by atoms with van der Waals surface area (Å²) in [6.07, 6.45) is 7.19. The van der Waals surface area contributed by atoms with Crippen molar-refractivity contribution in [3.63, 3.8) is 0 Å². The summed E-state index contributed by atoms with van der Waals surface area (Å²) in [4.78, 5) is 2.49. The molecule has 2 aromatic carbocycles. The van der Waals surface area contributed by atoms with Gasteiger partial charge in [0, 0.05) is 24.7 Å². The van der Waals surface area contributed by atoms with E-state index in [1.807, 2.05) is 12.1 Å². The van der Waals surface area contributed by atoms with Crippen LogP contribution in [-0.4, -0.2) is 44.4 Å². The Bertz CT molecular complexity index is 1030. The van der Waals surface area contributed by atoms with Gasteiger partial charge in [0.25, 0.3) is 0 Å². The molecule has 1 aliphatic heterocycles. The number of hydrogen-bond acceptors (Lipinski definition) is 5. The predicted molar refractivity (Wildman–Crippen MR) is 136 cm³/mol. The second-order valence-electron chi connectivity index (χ2n) is 9.42. The van der Waals surface area contributed by atoms with Gasteiger partial charge in [0.1, 0.15) is 0 Å². The molecule has 2 fully saturated rings. The van der Waals surface area contributed by atoms with Crippen LogP contribution in [0, 0.1) is 6.92 Å². The fraction of sp³-hybridized carbons (Fsp3) is 0.500. The van der Waals surface area contributed by atoms with Gasteiger partial charge in [0.2, 0.25) is 0 Å². The van der Waals surface area contributed by atoms with Crippen molar-refractivity contribution in [2.24, 2.45) is 0 Å². The Morgan fingerprint density at radius 2 is 1.76 bits per heavy atom. The fourth-order valence-corrected chi connectivity index (χ4v) is 5.32. The quantitative estimate of drug-likeness (QED) is 0.382. The maximum Gasteiger partial charge on any atom is 0.173 e. The first-order valence-electron chi connectivity index (χ1n) is 12.1. The van der Waals surface area contributed by atoms with Crippen molar-refractivity contribution in [3.8, 4) is 0 Å². The van der Waals surface area contributed by atoms with Crippen molar-refractivity contribution in [2.75, 3.05) is 13.2 Å². The van der Waals surface area contributed by atoms with Gasteiger partial charge in [-0.1, -0.05) is 66.4 Å². The molecule has 2 aliphatic rings. The molecule has 3 aromatic rings. The van der Waals surface area contributed by atoms with E-state index in [9.17, 15) is 0 Å². The topological polar surface area (TPSA) is 56.1 Å². The van der Waals surface area contributed by atoms with Crippen molar-refractivity contribution < 1.29 is 4.74 Å². The standard InChI is InChI=1S/C26H32ClN5O.ClH/c1-19-8-12-21(13-9-19)25(26-28-29-30-32(26)23-5-2-3-6-23)31(18-24-7-4-16-33-24)17-20-10-14-22(27)15-11-20;/h8-15,23-25H,2-7,16-18H2,1H3;1H. The number of nitrogens with zero attached hydrogens (tertiary/aromatic N) is 5. The van der Waals surface area contributed by atoms with Crippen molar-refractivity contribution in [1.82, 2.24) is 25.1 Å². The molecule has 2 atom stereocenters. The summed E-state index contributed by atoms with van der Waals surface area (Å²) >= 11 is 6.17. The van der Waals surface area contributed by atoms with Crippen LogP contribution in [0.4, 0.5) is 0 Å². The summed E-state index contributed by atoms with van der Waals surface area (Å²) in [6, 6.07) is 17.3. The van der Waals surface area contributed by atoms with Crippen LogP contribution < -0.4 is 0 Å². The molecule has 1 saturated carbocycles. The number of aryl methyl sites for hydroxylation is 1. The third-order valence-electron chi connectivity index (χ3n) is 6.95. The average molecular weight is 502 g/mol. The number of rotatable bonds is 8. The zero-order valence-corrected chi connectivity index (χ0v) is 21.2. The van der Waals surface area contributed by atoms with Crippen molar-refractivity contribution in [3.05, 3.63) is 76.1 Å². The molecule has 0 spiro atoms. The maximum atomic E-state index is 6.17. The highest BCUT2D eigenvalue weighted by atomic mass is 35.5. The van der Waals surface area contributed by atoms with E-state index in [0.717, 1.165) is 56.2 Å². The summed E-state index contributed by atoms with van der Waals surface area (Å²) < 4.78 is 8.17. The van der Waals surface area contributed by atoms with Gasteiger partial charge in [-0.15, -0.1) is 17.5 Å². The largest absolute Gasteiger partial charge is 0.377 e. The average Bonchev–Trinajstić information content (AvgIpc) is 3.60. The van der Waals surface area contributed by atoms with E-state index in [1.165, 1.54) is 29.5 Å². The number of tetrazole rings is 1. The Hall–Kier alpha value is -1.99. The van der Waals surface area contributed by atoms with Crippen LogP contribution in [0.5, 0.6) is 0 Å². The Morgan fingerprint density at radius 3 is 2.44 bits per heavy atom. The highest BCUT2D eigenvalue weighted by Gasteiger charge is 2.33. The van der Waals surface area contributed by atoms with Gasteiger partial charge in [-0.2, -0.15) is 0 Å². The summed E-state index contributed by atoms with van der Waals surface area (Å²) in [5.74, 6) is 0.928. The molecular weight excluding hydrogens is 469 g/mol. The second-order valence-corrected chi connectivity index (χ2v) is 9.86. The van der Waals surface area contributed by atoms with Gasteiger partial charge in [-0.3, -0.25) is 4.90 Å². The van der Waals surface area contributed by atoms with E-state index in [-0.39, 0.29) is 24.6 Å². The van der Waals surface area contributed by atoms with Crippen LogP contribution in [0.2, 0.25) is 5.02 Å². The highest BCUT2D eigenvalue weighted by molar-refractivity contribution is 6.30. The lowest BCUT2D eigenvalue weighted by molar-refractivity contribution is 0.0572. The first kappa shape index (κ1) is 25.1. The zero-order chi connectivity index (χ0) is 22.6. The third-order valence-corrected chi connectivity index (χ3v) is 7.20. The minimum atomic E-state index is -0.0546. The van der Waals surface area contributed by atoms with Crippen LogP contribution in [-0.2, 0) is 11.3 Å². The number of aromatic nitrogens is 4. The first-order chi connectivity index (χ1) is 16.2. The summed E-state index contributed by atoms with van der Waals surface area (Å²) in [5.41, 5.74) is 3.67. The lowest BCUT2D eigenvalue weighted by Gasteiger charge is -2.33. The maximum absolute atomic E-state index is 6.17. The van der Waals surface area contributed by atoms with Gasteiger partial charge in [0.05, 0.1) is 18.2 Å². The zero-order valence-electron chi connectivity index (χ0n) is 19.6. The van der Waals surface area contributed by atoms with Gasteiger partial charge in [-0.25, -0.2) is 4.68 Å². The highest BCUT2D eigenvalue weighted by Crippen LogP contribution is 2.35. The van der Waals surface area contributed by atoms with Gasteiger partial charge >= 0.3 is 0 Å². The molecule has 2 heterocycles. The molecule has 2 unspecified atom stereocenters. The molecule has 1 saturated heterocycles. The lowest BCUT2D eigenvalue weighted by atomic mass is 10.0. The van der Waals surface area contributed by atoms with E-state index in [4.69, 9.17) is 16.3 Å². The monoisotopic (exact) mass is 501 g/mol. The minimum Gasteiger partial charge on any atom is -0.377 e. The Kier molecular flexibility index (Phi) is 8.59. The van der Waals surface area contributed by atoms with Crippen LogP contribution >= 0.6 is 24.0 Å². The molecule has 6 nitrogen and oxygen atoms in total. The van der Waals surface area contributed by atoms with Crippen molar-refractivity contribution in [2.45, 2.75) is 70.2 Å². The van der Waals surface area contributed by atoms with Gasteiger partial charge in [0.15, 0.2) is 5.82 Å². The van der Waals surface area contributed by atoms with Crippen LogP contribution in [0.3, 0.4) is 0 Å². The van der Waals surface area contributed by atoms with Crippen molar-refractivity contribution >= 4 is 24.0 Å². The molecule has 5 rings (SSSR count). The molecule has 0 N–H and O–H groups in total. The molecular formula is C26H33Cl2N5O. The Balaban J connectivity index is 0.00000274. The normalized spacial score (nSPS) is 19.4. The van der Waals surface area contributed by atoms with Gasteiger partial charge in [-0.05, 0) is 66.3 Å². The summed E-state index contributed by atoms with van der Waals surface area (Å²) in [6.45, 7) is 4.57. The Labute approximate surface area is 213 Å². The number of benzene rings is 2. The van der Waals surface area contributed by atoms with E-state index >= 15 is 0 Å². The van der Waals surface area contributed by atoms with Crippen LogP contribution in [0.15, 0.2) is 48.5 Å². The van der Waals surface area contributed by atoms with Crippen LogP contribution in [0.1, 0.15) is 73.1 Å². The fourth-order valence-electron chi connectivity index (χ4n) is 5.20. The van der Waals surface area contributed by atoms with E-state index in [0.29, 0.717) is 6.04 Å². The molecule has 0 bridgehead atoms. The molecule has 1 aliphatic carbocycles. The number of ether oxygens (including phenoxy) is 1. The lowest BCUT2D eigenvalue weighted by Crippen LogP contribution is -2.37. The minimum absolute atomic E-state index is 0. The predicted octanol–water partition coefficient (Wildman–Crippen LogP) is 5.94. The third kappa shape index (κ3) is 5.80. The molecule has 0 amide bonds. The van der Waals surface area contributed by atoms with E-state index < -0.39 is 0 Å². The van der Waals surface area contributed by atoms with E-state index in [2.05, 4.69) is 68.4 Å². The van der Waals surface area contributed by atoms with Gasteiger partial charge < -0.3 is 4.74 Å². The van der Waals surface area contributed by atoms with E-state index in [1.54, 1.807) is 0 Å². The molecule has 1 aromatic heterocycles. The summed E-state index contributed by atoms with van der Waals surface area (Å²) in [7, 11) is 0. The SMILES string of the molecule is Cc1ccc(C(c2nnnn2C2CCCC2)N(Cc2ccc(Cl)cc2)CC2CCCO2)cc1.Cl. The number of hydrogen-bond donors (Lipinski definition) is 0. The molecule has 34 heavy (non-hydrogen) atoms.